The highest BCUT2D eigenvalue weighted by Crippen LogP contribution is 2.44. The van der Waals surface area contributed by atoms with Gasteiger partial charge in [0.2, 0.25) is 12.0 Å². The van der Waals surface area contributed by atoms with E-state index in [1.54, 1.807) is 72.8 Å². The van der Waals surface area contributed by atoms with E-state index >= 15 is 0 Å². The number of nitrogens with one attached hydrogen (secondary N) is 1. The molecule has 0 saturated heterocycles. The van der Waals surface area contributed by atoms with Crippen LogP contribution in [0.3, 0.4) is 0 Å². The van der Waals surface area contributed by atoms with Crippen molar-refractivity contribution in [2.45, 2.75) is 44.4 Å². The molecule has 1 aliphatic heterocycles. The minimum absolute atomic E-state index is 0.0765. The Morgan fingerprint density at radius 1 is 0.932 bits per heavy atom. The number of amides is 1. The summed E-state index contributed by atoms with van der Waals surface area (Å²) in [7, 11) is 1.27. The highest BCUT2D eigenvalue weighted by atomic mass is 16.5. The van der Waals surface area contributed by atoms with Crippen molar-refractivity contribution in [3.05, 3.63) is 119 Å². The molecular formula is C34H34N4O6. The maximum atomic E-state index is 14.1. The zero-order valence-corrected chi connectivity index (χ0v) is 24.8. The van der Waals surface area contributed by atoms with Gasteiger partial charge in [0, 0.05) is 17.0 Å². The summed E-state index contributed by atoms with van der Waals surface area (Å²) >= 11 is 0. The summed E-state index contributed by atoms with van der Waals surface area (Å²) in [5, 5.41) is 14.1. The third-order valence-electron chi connectivity index (χ3n) is 7.78. The van der Waals surface area contributed by atoms with Crippen LogP contribution in [-0.2, 0) is 37.5 Å². The number of aliphatic carboxylic acids is 1. The maximum absolute atomic E-state index is 14.1. The molecule has 0 fully saturated rings. The van der Waals surface area contributed by atoms with E-state index in [2.05, 4.69) is 15.3 Å². The number of carboxylic acid groups (broad SMARTS) is 1. The number of nitrogens with zero attached hydrogens (tertiary/aromatic N) is 3. The quantitative estimate of drug-likeness (QED) is 0.259. The molecule has 10 heteroatoms. The smallest absolute Gasteiger partial charge is 0.347 e. The Labute approximate surface area is 255 Å². The van der Waals surface area contributed by atoms with Gasteiger partial charge in [0.1, 0.15) is 5.54 Å². The van der Waals surface area contributed by atoms with Crippen LogP contribution >= 0.6 is 0 Å². The largest absolute Gasteiger partial charge is 0.478 e. The fourth-order valence-electron chi connectivity index (χ4n) is 5.68. The summed E-state index contributed by atoms with van der Waals surface area (Å²) in [4.78, 5) is 51.1. The number of esters is 1. The molecule has 2 N–H and O–H groups in total. The van der Waals surface area contributed by atoms with Gasteiger partial charge in [-0.05, 0) is 36.1 Å². The van der Waals surface area contributed by atoms with Gasteiger partial charge in [-0.15, -0.1) is 0 Å². The Balaban J connectivity index is 1.77. The zero-order valence-electron chi connectivity index (χ0n) is 24.8. The number of ether oxygens (including phenoxy) is 2. The molecule has 1 aromatic heterocycles. The maximum Gasteiger partial charge on any atom is 0.347 e. The van der Waals surface area contributed by atoms with E-state index in [0.29, 0.717) is 46.6 Å². The molecule has 0 radical (unpaired) electrons. The summed E-state index contributed by atoms with van der Waals surface area (Å²) in [5.74, 6) is -2.40. The topological polar surface area (TPSA) is 131 Å². The number of fused-ring (bicyclic) bond motifs is 1. The minimum Gasteiger partial charge on any atom is -0.478 e. The number of aryl methyl sites for hydroxylation is 2. The Kier molecular flexibility index (Phi) is 9.01. The molecule has 10 nitrogen and oxygen atoms in total. The molecule has 0 saturated carbocycles. The second kappa shape index (κ2) is 13.0. The van der Waals surface area contributed by atoms with Gasteiger partial charge < -0.3 is 14.6 Å². The number of rotatable bonds is 10. The van der Waals surface area contributed by atoms with Crippen LogP contribution in [0.2, 0.25) is 0 Å². The van der Waals surface area contributed by atoms with E-state index in [4.69, 9.17) is 9.47 Å². The molecule has 1 amide bonds. The zero-order chi connectivity index (χ0) is 31.3. The average Bonchev–Trinajstić information content (AvgIpc) is 3.19. The molecule has 0 bridgehead atoms. The first kappa shape index (κ1) is 30.4. The summed E-state index contributed by atoms with van der Waals surface area (Å²) in [6, 6.07) is 25.4. The van der Waals surface area contributed by atoms with Crippen molar-refractivity contribution < 1.29 is 29.0 Å². The third kappa shape index (κ3) is 5.63. The van der Waals surface area contributed by atoms with Crippen molar-refractivity contribution >= 4 is 23.5 Å². The molecule has 0 aliphatic carbocycles. The Morgan fingerprint density at radius 2 is 1.52 bits per heavy atom. The normalized spacial score (nSPS) is 17.6. The molecule has 3 unspecified atom stereocenters. The second-order valence-corrected chi connectivity index (χ2v) is 10.3. The number of anilines is 1. The molecule has 5 rings (SSSR count). The molecular weight excluding hydrogens is 560 g/mol. The van der Waals surface area contributed by atoms with Crippen LogP contribution in [0, 0.1) is 0 Å². The molecule has 2 heterocycles. The molecule has 3 aromatic carbocycles. The van der Waals surface area contributed by atoms with Gasteiger partial charge in [0.05, 0.1) is 19.3 Å². The SMILES string of the molecule is CCc1cc(CC)nc(OC(C(=O)O)C2(c3ccccc3)NCC(=O)N(C(C(=O)OC)c3ccccc3)c3ccccc32)n1. The summed E-state index contributed by atoms with van der Waals surface area (Å²) in [6.45, 7) is 3.56. The summed E-state index contributed by atoms with van der Waals surface area (Å²) in [6.07, 6.45) is -0.428. The number of carbonyl (C=O) groups excluding carboxylic acids is 2. The van der Waals surface area contributed by atoms with Gasteiger partial charge in [-0.2, -0.15) is 0 Å². The lowest BCUT2D eigenvalue weighted by Crippen LogP contribution is -2.58. The fourth-order valence-corrected chi connectivity index (χ4v) is 5.68. The van der Waals surface area contributed by atoms with Gasteiger partial charge in [-0.25, -0.2) is 19.6 Å². The van der Waals surface area contributed by atoms with Crippen molar-refractivity contribution in [1.29, 1.82) is 0 Å². The molecule has 0 spiro atoms. The standard InChI is InChI=1S/C34H34N4O6/c1-4-24-20-25(5-2)37-33(36-24)44-30(31(40)41)34(23-16-10-7-11-17-23)26-18-12-13-19-27(26)38(28(39)21-35-34)29(32(42)43-3)22-14-8-6-9-15-22/h6-20,29-30,35H,4-5,21H2,1-3H3,(H,40,41). The van der Waals surface area contributed by atoms with Gasteiger partial charge in [0.15, 0.2) is 6.04 Å². The van der Waals surface area contributed by atoms with E-state index in [-0.39, 0.29) is 12.6 Å². The van der Waals surface area contributed by atoms with Crippen LogP contribution in [0.1, 0.15) is 48.0 Å². The van der Waals surface area contributed by atoms with Crippen molar-refractivity contribution in [1.82, 2.24) is 15.3 Å². The van der Waals surface area contributed by atoms with E-state index in [1.165, 1.54) is 12.0 Å². The number of benzene rings is 3. The number of aromatic nitrogens is 2. The molecule has 226 valence electrons. The van der Waals surface area contributed by atoms with Gasteiger partial charge in [-0.1, -0.05) is 92.7 Å². The van der Waals surface area contributed by atoms with E-state index < -0.39 is 35.5 Å². The second-order valence-electron chi connectivity index (χ2n) is 10.3. The third-order valence-corrected chi connectivity index (χ3v) is 7.78. The lowest BCUT2D eigenvalue weighted by Gasteiger charge is -2.40. The first-order valence-electron chi connectivity index (χ1n) is 14.4. The average molecular weight is 595 g/mol. The van der Waals surface area contributed by atoms with Gasteiger partial charge >= 0.3 is 17.9 Å². The monoisotopic (exact) mass is 594 g/mol. The van der Waals surface area contributed by atoms with E-state index in [0.717, 1.165) is 0 Å². The predicted octanol–water partition coefficient (Wildman–Crippen LogP) is 4.23. The van der Waals surface area contributed by atoms with Crippen LogP contribution in [0.25, 0.3) is 0 Å². The van der Waals surface area contributed by atoms with Crippen LogP contribution in [0.5, 0.6) is 6.01 Å². The molecule has 4 aromatic rings. The first-order chi connectivity index (χ1) is 21.3. The Hall–Kier alpha value is -5.09. The number of methoxy groups -OCH3 is 1. The number of carbonyl (C=O) groups is 3. The lowest BCUT2D eigenvalue weighted by atomic mass is 9.77. The van der Waals surface area contributed by atoms with Crippen molar-refractivity contribution in [3.8, 4) is 6.01 Å². The van der Waals surface area contributed by atoms with Crippen LogP contribution in [0.15, 0.2) is 91.0 Å². The highest BCUT2D eigenvalue weighted by molar-refractivity contribution is 6.03. The Morgan fingerprint density at radius 3 is 2.11 bits per heavy atom. The van der Waals surface area contributed by atoms with Crippen LogP contribution in [0.4, 0.5) is 5.69 Å². The van der Waals surface area contributed by atoms with Gasteiger partial charge in [-0.3, -0.25) is 15.0 Å². The Bertz CT molecular complexity index is 1630. The van der Waals surface area contributed by atoms with Crippen molar-refractivity contribution in [3.63, 3.8) is 0 Å². The van der Waals surface area contributed by atoms with E-state index in [1.807, 2.05) is 32.0 Å². The van der Waals surface area contributed by atoms with Crippen molar-refractivity contribution in [2.24, 2.45) is 0 Å². The fraction of sp³-hybridized carbons (Fsp3) is 0.265. The van der Waals surface area contributed by atoms with Gasteiger partial charge in [0.25, 0.3) is 0 Å². The number of carboxylic acids is 1. The molecule has 3 atom stereocenters. The summed E-state index contributed by atoms with van der Waals surface area (Å²) in [5.41, 5.74) is 1.62. The predicted molar refractivity (Wildman–Crippen MR) is 163 cm³/mol. The minimum atomic E-state index is -1.64. The lowest BCUT2D eigenvalue weighted by molar-refractivity contribution is -0.149. The van der Waals surface area contributed by atoms with Crippen molar-refractivity contribution in [2.75, 3.05) is 18.6 Å². The molecule has 44 heavy (non-hydrogen) atoms. The first-order valence-corrected chi connectivity index (χ1v) is 14.4. The van der Waals surface area contributed by atoms with E-state index in [9.17, 15) is 19.5 Å². The highest BCUT2D eigenvalue weighted by Gasteiger charge is 2.53. The number of para-hydroxylation sites is 1. The summed E-state index contributed by atoms with van der Waals surface area (Å²) < 4.78 is 11.4. The molecule has 1 aliphatic rings. The number of hydrogen-bond donors (Lipinski definition) is 2. The number of hydrogen-bond acceptors (Lipinski definition) is 8. The van der Waals surface area contributed by atoms with Crippen LogP contribution in [-0.4, -0.2) is 52.7 Å². The van der Waals surface area contributed by atoms with Crippen LogP contribution < -0.4 is 15.0 Å².